The average molecular weight is 102 g/mol. The summed E-state index contributed by atoms with van der Waals surface area (Å²) in [6.07, 6.45) is 0.759. The molecule has 0 aromatic rings. The molecule has 1 N–H and O–H groups in total. The monoisotopic (exact) mass is 102 g/mol. The lowest BCUT2D eigenvalue weighted by molar-refractivity contribution is -0.208. The van der Waals surface area contributed by atoms with E-state index in [1.807, 2.05) is 0 Å². The Bertz CT molecular complexity index is 104. The van der Waals surface area contributed by atoms with E-state index in [9.17, 15) is 5.11 Å². The average Bonchev–Trinajstić information content (AvgIpc) is 1.35. The van der Waals surface area contributed by atoms with Crippen molar-refractivity contribution in [1.82, 2.24) is 0 Å². The van der Waals surface area contributed by atoms with Crippen LogP contribution in [-0.2, 0) is 0 Å². The van der Waals surface area contributed by atoms with Gasteiger partial charge in [-0.2, -0.15) is 0 Å². The van der Waals surface area contributed by atoms with E-state index in [0.717, 1.165) is 6.21 Å². The van der Waals surface area contributed by atoms with Gasteiger partial charge in [-0.25, -0.2) is 0 Å². The highest BCUT2D eigenvalue weighted by Crippen LogP contribution is 1.45. The molecule has 0 aromatic heterocycles. The number of hydrogen-bond acceptors (Lipinski definition) is 3. The van der Waals surface area contributed by atoms with Crippen LogP contribution in [0.4, 0.5) is 0 Å². The van der Waals surface area contributed by atoms with E-state index in [0.29, 0.717) is 0 Å². The maximum atomic E-state index is 9.59. The van der Waals surface area contributed by atoms with E-state index in [4.69, 9.17) is 5.53 Å². The lowest BCUT2D eigenvalue weighted by atomic mass is 10.8. The molecule has 0 unspecified atom stereocenters. The lowest BCUT2D eigenvalue weighted by Gasteiger charge is -1.82. The summed E-state index contributed by atoms with van der Waals surface area (Å²) in [7, 11) is 0. The molecule has 0 atom stereocenters. The summed E-state index contributed by atoms with van der Waals surface area (Å²) in [6.45, 7) is 0. The van der Waals surface area contributed by atoms with Crippen molar-refractivity contribution in [3.8, 4) is 0 Å². The molecular formula is C2H2N2OS. The van der Waals surface area contributed by atoms with Gasteiger partial charge < -0.3 is 5.11 Å². The zero-order valence-electron chi connectivity index (χ0n) is 2.84. The highest BCUT2D eigenvalue weighted by molar-refractivity contribution is 7.81. The summed E-state index contributed by atoms with van der Waals surface area (Å²) in [5.41, 5.74) is 6.02. The first-order valence-corrected chi connectivity index (χ1v) is 1.59. The maximum absolute atomic E-state index is 9.59. The first-order valence-electron chi connectivity index (χ1n) is 1.18. The maximum Gasteiger partial charge on any atom is 0.333 e. The van der Waals surface area contributed by atoms with Gasteiger partial charge in [0.1, 0.15) is 0 Å². The SMILES string of the molecule is N=[N+]=CC([O-])=S. The fraction of sp³-hybridized carbons (Fsp3) is 0. The molecule has 0 saturated carbocycles. The fourth-order valence-corrected chi connectivity index (χ4v) is 0.105. The van der Waals surface area contributed by atoms with Crippen molar-refractivity contribution in [2.75, 3.05) is 0 Å². The summed E-state index contributed by atoms with van der Waals surface area (Å²) >= 11 is 3.97. The van der Waals surface area contributed by atoms with Crippen LogP contribution in [0.5, 0.6) is 0 Å². The van der Waals surface area contributed by atoms with Gasteiger partial charge in [0.05, 0.1) is 5.53 Å². The minimum absolute atomic E-state index is 0.606. The van der Waals surface area contributed by atoms with E-state index in [1.165, 1.54) is 0 Å². The molecule has 0 rings (SSSR count). The number of rotatable bonds is 1. The largest absolute Gasteiger partial charge is 0.859 e. The van der Waals surface area contributed by atoms with Crippen molar-refractivity contribution >= 4 is 23.5 Å². The second kappa shape index (κ2) is 2.50. The van der Waals surface area contributed by atoms with E-state index < -0.39 is 5.05 Å². The molecule has 0 spiro atoms. The quantitative estimate of drug-likeness (QED) is 0.199. The van der Waals surface area contributed by atoms with Gasteiger partial charge in [0, 0.05) is 9.84 Å². The van der Waals surface area contributed by atoms with Crippen LogP contribution in [0.15, 0.2) is 0 Å². The summed E-state index contributed by atoms with van der Waals surface area (Å²) in [6, 6.07) is 0. The van der Waals surface area contributed by atoms with Crippen molar-refractivity contribution in [2.45, 2.75) is 0 Å². The van der Waals surface area contributed by atoms with Gasteiger partial charge in [-0.1, -0.05) is 12.2 Å². The van der Waals surface area contributed by atoms with Gasteiger partial charge in [-0.15, -0.1) is 0 Å². The van der Waals surface area contributed by atoms with Gasteiger partial charge in [-0.05, 0) is 0 Å². The van der Waals surface area contributed by atoms with E-state index >= 15 is 0 Å². The molecule has 3 nitrogen and oxygen atoms in total. The second-order valence-electron chi connectivity index (χ2n) is 0.577. The van der Waals surface area contributed by atoms with Crippen molar-refractivity contribution in [3.05, 3.63) is 0 Å². The van der Waals surface area contributed by atoms with Gasteiger partial charge in [0.25, 0.3) is 0 Å². The Kier molecular flexibility index (Phi) is 2.20. The third-order valence-corrected chi connectivity index (χ3v) is 0.275. The molecular weight excluding hydrogens is 100 g/mol. The third kappa shape index (κ3) is 3.27. The van der Waals surface area contributed by atoms with Crippen molar-refractivity contribution in [2.24, 2.45) is 0 Å². The molecule has 0 aliphatic heterocycles. The number of thiocarbonyl (C=S) groups is 1. The van der Waals surface area contributed by atoms with Crippen LogP contribution >= 0.6 is 12.2 Å². The normalized spacial score (nSPS) is 6.00. The second-order valence-corrected chi connectivity index (χ2v) is 0.980. The molecule has 0 heterocycles. The molecule has 0 bridgehead atoms. The van der Waals surface area contributed by atoms with Gasteiger partial charge in [0.2, 0.25) is 0 Å². The Morgan fingerprint density at radius 2 is 2.50 bits per heavy atom. The highest BCUT2D eigenvalue weighted by Gasteiger charge is 1.71. The van der Waals surface area contributed by atoms with Gasteiger partial charge in [0.15, 0.2) is 0 Å². The van der Waals surface area contributed by atoms with Crippen molar-refractivity contribution in [1.29, 1.82) is 5.53 Å². The minimum atomic E-state index is -0.606. The Hall–Kier alpha value is -0.730. The van der Waals surface area contributed by atoms with Crippen LogP contribution in [0.25, 0.3) is 0 Å². The highest BCUT2D eigenvalue weighted by atomic mass is 32.1. The number of nitrogens with zero attached hydrogens (tertiary/aromatic N) is 1. The molecule has 0 saturated heterocycles. The predicted octanol–water partition coefficient (Wildman–Crippen LogP) is -1.02. The van der Waals surface area contributed by atoms with Crippen LogP contribution in [0.3, 0.4) is 0 Å². The van der Waals surface area contributed by atoms with E-state index in [-0.39, 0.29) is 0 Å². The van der Waals surface area contributed by atoms with Gasteiger partial charge in [-0.3, -0.25) is 0 Å². The lowest BCUT2D eigenvalue weighted by Crippen LogP contribution is -2.15. The number of nitrogens with one attached hydrogen (secondary N) is 1. The van der Waals surface area contributed by atoms with Crippen LogP contribution in [0, 0.1) is 5.53 Å². The summed E-state index contributed by atoms with van der Waals surface area (Å²) in [5, 5.41) is 8.98. The molecule has 6 heavy (non-hydrogen) atoms. The Labute approximate surface area is 39.8 Å². The Morgan fingerprint density at radius 3 is 2.50 bits per heavy atom. The fourth-order valence-electron chi connectivity index (χ4n) is 0.0527. The van der Waals surface area contributed by atoms with Crippen molar-refractivity contribution in [3.63, 3.8) is 0 Å². The third-order valence-electron chi connectivity index (χ3n) is 0.170. The molecule has 0 aromatic carbocycles. The molecule has 0 radical (unpaired) electrons. The summed E-state index contributed by atoms with van der Waals surface area (Å²) in [5.74, 6) is 0. The van der Waals surface area contributed by atoms with Crippen LogP contribution in [0.1, 0.15) is 0 Å². The molecule has 0 amide bonds. The molecule has 0 aliphatic carbocycles. The molecule has 0 fully saturated rings. The van der Waals surface area contributed by atoms with Crippen molar-refractivity contribution < 1.29 is 9.90 Å². The Morgan fingerprint density at radius 1 is 2.00 bits per heavy atom. The van der Waals surface area contributed by atoms with Crippen LogP contribution in [-0.4, -0.2) is 16.1 Å². The molecule has 4 heteroatoms. The predicted molar refractivity (Wildman–Crippen MR) is 21.6 cm³/mol. The smallest absolute Gasteiger partial charge is 0.333 e. The first-order chi connectivity index (χ1) is 2.77. The van der Waals surface area contributed by atoms with Crippen LogP contribution in [0.2, 0.25) is 0 Å². The van der Waals surface area contributed by atoms with Gasteiger partial charge >= 0.3 is 6.21 Å². The molecule has 0 aliphatic rings. The Balaban J connectivity index is 3.60. The standard InChI is InChI=1S/C2H2N2OS/c3-4-1-2(5)6/h1,3H. The minimum Gasteiger partial charge on any atom is -0.859 e. The topological polar surface area (TPSA) is 61.0 Å². The zero-order chi connectivity index (χ0) is 4.99. The summed E-state index contributed by atoms with van der Waals surface area (Å²) in [4.78, 5) is 2.61. The number of hydrogen-bond donors (Lipinski definition) is 1. The summed E-state index contributed by atoms with van der Waals surface area (Å²) < 4.78 is 0. The first kappa shape index (κ1) is 5.27. The van der Waals surface area contributed by atoms with Crippen LogP contribution < -0.4 is 5.11 Å². The van der Waals surface area contributed by atoms with E-state index in [1.54, 1.807) is 0 Å². The zero-order valence-corrected chi connectivity index (χ0v) is 3.66. The molecule has 32 valence electrons. The van der Waals surface area contributed by atoms with E-state index in [2.05, 4.69) is 17.0 Å².